The standard InChI is InChI=1S/C47H52F3N11O8/c1-56-34-20-51-45(55-39(34)60(27-6-3-4-7-27)25-47(49,50)44(56)68)53-31-19-30(48)29(18-35(31)69-2)40(64)52-26-12-16-58(17-13-26)37(63)14-15-57-21-46(22-57)23-59(24-46)32-9-5-8-28-38(32)43(67)61(42(28)66)33-10-11-36(62)54-41(33)65/h5,8-9,18-20,26-27,33H,3-4,6-7,10-17,21-25H2,1-2H3,(H,52,64)(H,51,53,55)(H,54,62,65). The van der Waals surface area contributed by atoms with E-state index >= 15 is 13.2 Å². The Morgan fingerprint density at radius 1 is 0.928 bits per heavy atom. The zero-order valence-corrected chi connectivity index (χ0v) is 38.2. The Labute approximate surface area is 394 Å². The number of anilines is 5. The van der Waals surface area contributed by atoms with E-state index in [0.29, 0.717) is 70.5 Å². The number of aromatic nitrogens is 2. The van der Waals surface area contributed by atoms with Gasteiger partial charge in [-0.15, -0.1) is 0 Å². The molecule has 6 aliphatic heterocycles. The fourth-order valence-corrected chi connectivity index (χ4v) is 11.1. The monoisotopic (exact) mass is 955 g/mol. The minimum Gasteiger partial charge on any atom is -0.495 e. The molecule has 7 amide bonds. The highest BCUT2D eigenvalue weighted by molar-refractivity contribution is 6.25. The number of ether oxygens (including phenoxy) is 1. The van der Waals surface area contributed by atoms with E-state index in [9.17, 15) is 33.6 Å². The van der Waals surface area contributed by atoms with Gasteiger partial charge in [-0.3, -0.25) is 43.8 Å². The van der Waals surface area contributed by atoms with Crippen molar-refractivity contribution in [3.8, 4) is 5.75 Å². The summed E-state index contributed by atoms with van der Waals surface area (Å²) in [6.07, 6.45) is 5.73. The molecule has 3 N–H and O–H groups in total. The number of nitrogens with zero attached hydrogens (tertiary/aromatic N) is 8. The van der Waals surface area contributed by atoms with Crippen LogP contribution in [0.4, 0.5) is 42.0 Å². The van der Waals surface area contributed by atoms with E-state index in [2.05, 4.69) is 35.7 Å². The molecule has 1 atom stereocenters. The summed E-state index contributed by atoms with van der Waals surface area (Å²) in [4.78, 5) is 109. The third kappa shape index (κ3) is 8.34. The molecule has 1 aliphatic carbocycles. The number of halogens is 3. The molecule has 7 heterocycles. The molecule has 1 spiro atoms. The molecule has 1 saturated carbocycles. The summed E-state index contributed by atoms with van der Waals surface area (Å²) in [5.41, 5.74) is 1.11. The molecule has 3 aromatic rings. The molecule has 19 nitrogen and oxygen atoms in total. The van der Waals surface area contributed by atoms with Gasteiger partial charge < -0.3 is 39.9 Å². The predicted molar refractivity (Wildman–Crippen MR) is 242 cm³/mol. The molecule has 7 aliphatic rings. The molecule has 0 bridgehead atoms. The quantitative estimate of drug-likeness (QED) is 0.236. The number of piperidine rings is 2. The van der Waals surface area contributed by atoms with Crippen molar-refractivity contribution in [2.24, 2.45) is 5.41 Å². The fraction of sp³-hybridized carbons (Fsp3) is 0.511. The van der Waals surface area contributed by atoms with Gasteiger partial charge in [-0.05, 0) is 50.3 Å². The number of carbonyl (C=O) groups is 7. The second-order valence-corrected chi connectivity index (χ2v) is 19.3. The van der Waals surface area contributed by atoms with E-state index < -0.39 is 59.8 Å². The molecule has 22 heteroatoms. The smallest absolute Gasteiger partial charge is 0.342 e. The maximum Gasteiger partial charge on any atom is 0.342 e. The summed E-state index contributed by atoms with van der Waals surface area (Å²) in [7, 11) is 2.60. The van der Waals surface area contributed by atoms with Gasteiger partial charge >= 0.3 is 5.92 Å². The number of likely N-dealkylation sites (tertiary alicyclic amines) is 2. The van der Waals surface area contributed by atoms with E-state index in [1.807, 2.05) is 0 Å². The van der Waals surface area contributed by atoms with Crippen LogP contribution in [-0.4, -0.2) is 157 Å². The van der Waals surface area contributed by atoms with Crippen molar-refractivity contribution in [1.29, 1.82) is 0 Å². The van der Waals surface area contributed by atoms with Crippen LogP contribution in [0.2, 0.25) is 0 Å². The molecular formula is C47H52F3N11O8. The van der Waals surface area contributed by atoms with Crippen LogP contribution in [0.3, 0.4) is 0 Å². The average molecular weight is 956 g/mol. The summed E-state index contributed by atoms with van der Waals surface area (Å²) < 4.78 is 51.3. The number of methoxy groups -OCH3 is 1. The van der Waals surface area contributed by atoms with E-state index in [1.165, 1.54) is 31.3 Å². The number of rotatable bonds is 11. The largest absolute Gasteiger partial charge is 0.495 e. The molecule has 0 radical (unpaired) electrons. The second-order valence-electron chi connectivity index (χ2n) is 19.3. The van der Waals surface area contributed by atoms with Crippen LogP contribution >= 0.6 is 0 Å². The van der Waals surface area contributed by atoms with E-state index in [4.69, 9.17) is 4.74 Å². The normalized spacial score (nSPS) is 22.5. The molecule has 364 valence electrons. The van der Waals surface area contributed by atoms with Crippen molar-refractivity contribution in [3.05, 3.63) is 59.0 Å². The lowest BCUT2D eigenvalue weighted by atomic mass is 9.72. The fourth-order valence-electron chi connectivity index (χ4n) is 11.1. The molecule has 1 aromatic heterocycles. The lowest BCUT2D eigenvalue weighted by Gasteiger charge is -2.61. The van der Waals surface area contributed by atoms with Gasteiger partial charge in [-0.2, -0.15) is 13.8 Å². The number of imide groups is 2. The maximum absolute atomic E-state index is 15.7. The van der Waals surface area contributed by atoms with Gasteiger partial charge in [0.2, 0.25) is 23.7 Å². The predicted octanol–water partition coefficient (Wildman–Crippen LogP) is 3.06. The number of nitrogens with one attached hydrogen (secondary N) is 3. The van der Waals surface area contributed by atoms with Crippen molar-refractivity contribution >= 4 is 70.2 Å². The highest BCUT2D eigenvalue weighted by Gasteiger charge is 2.54. The lowest BCUT2D eigenvalue weighted by Crippen LogP contribution is -2.72. The van der Waals surface area contributed by atoms with Crippen LogP contribution in [0.15, 0.2) is 36.5 Å². The molecule has 10 rings (SSSR count). The number of alkyl halides is 2. The number of hydrogen-bond acceptors (Lipinski definition) is 14. The summed E-state index contributed by atoms with van der Waals surface area (Å²) in [6, 6.07) is 5.85. The molecule has 69 heavy (non-hydrogen) atoms. The van der Waals surface area contributed by atoms with Gasteiger partial charge in [0.1, 0.15) is 23.3 Å². The Morgan fingerprint density at radius 2 is 1.67 bits per heavy atom. The maximum atomic E-state index is 15.7. The minimum atomic E-state index is -3.65. The highest BCUT2D eigenvalue weighted by atomic mass is 19.3. The number of benzene rings is 2. The summed E-state index contributed by atoms with van der Waals surface area (Å²) >= 11 is 0. The minimum absolute atomic E-state index is 0.00146. The molecule has 5 fully saturated rings. The van der Waals surface area contributed by atoms with Gasteiger partial charge in [0.05, 0.1) is 47.9 Å². The number of carbonyl (C=O) groups excluding carboxylic acids is 7. The third-order valence-electron chi connectivity index (χ3n) is 14.7. The van der Waals surface area contributed by atoms with Crippen LogP contribution < -0.4 is 35.4 Å². The Kier molecular flexibility index (Phi) is 11.7. The molecule has 2 aromatic carbocycles. The number of fused-ring (bicyclic) bond motifs is 2. The zero-order valence-electron chi connectivity index (χ0n) is 38.2. The SMILES string of the molecule is COc1cc(C(=O)NC2CCN(C(=O)CCN3CC4(C3)CN(c3cccc5c3C(=O)N(C3CCC(=O)NC3=O)C5=O)C4)CC2)c(F)cc1Nc1ncc2c(n1)N(C1CCCC1)CC(F)(F)C(=O)N2C. The van der Waals surface area contributed by atoms with Gasteiger partial charge in [0, 0.05) is 89.3 Å². The first-order valence-corrected chi connectivity index (χ1v) is 23.4. The van der Waals surface area contributed by atoms with Crippen LogP contribution in [0, 0.1) is 11.2 Å². The first kappa shape index (κ1) is 45.9. The van der Waals surface area contributed by atoms with Crippen LogP contribution in [0.5, 0.6) is 5.75 Å². The van der Waals surface area contributed by atoms with E-state index in [1.54, 1.807) is 23.1 Å². The van der Waals surface area contributed by atoms with E-state index in [0.717, 1.165) is 41.8 Å². The first-order chi connectivity index (χ1) is 33.0. The first-order valence-electron chi connectivity index (χ1n) is 23.4. The summed E-state index contributed by atoms with van der Waals surface area (Å²) in [5, 5.41) is 8.02. The lowest BCUT2D eigenvalue weighted by molar-refractivity contribution is -0.140. The Morgan fingerprint density at radius 3 is 2.38 bits per heavy atom. The van der Waals surface area contributed by atoms with Crippen LogP contribution in [-0.2, 0) is 19.2 Å². The van der Waals surface area contributed by atoms with Crippen LogP contribution in [0.1, 0.15) is 88.9 Å². The van der Waals surface area contributed by atoms with Gasteiger partial charge in [0.15, 0.2) is 5.82 Å². The number of hydrogen-bond donors (Lipinski definition) is 3. The van der Waals surface area contributed by atoms with Crippen molar-refractivity contribution in [2.75, 3.05) is 86.5 Å². The summed E-state index contributed by atoms with van der Waals surface area (Å²) in [5.74, 6) is -8.47. The topological polar surface area (TPSA) is 210 Å². The highest BCUT2D eigenvalue weighted by Crippen LogP contribution is 2.45. The van der Waals surface area contributed by atoms with Crippen molar-refractivity contribution in [1.82, 2.24) is 35.3 Å². The molecule has 1 unspecified atom stereocenters. The van der Waals surface area contributed by atoms with E-state index in [-0.39, 0.29) is 81.8 Å². The second kappa shape index (κ2) is 17.6. The Balaban J connectivity index is 0.691. The summed E-state index contributed by atoms with van der Waals surface area (Å²) in [6.45, 7) is 3.47. The third-order valence-corrected chi connectivity index (χ3v) is 14.7. The average Bonchev–Trinajstić information content (AvgIpc) is 3.91. The van der Waals surface area contributed by atoms with Gasteiger partial charge in [-0.1, -0.05) is 18.9 Å². The Hall–Kier alpha value is -6.84. The van der Waals surface area contributed by atoms with Crippen molar-refractivity contribution in [2.45, 2.75) is 81.8 Å². The van der Waals surface area contributed by atoms with Crippen molar-refractivity contribution in [3.63, 3.8) is 0 Å². The number of amides is 7. The van der Waals surface area contributed by atoms with Gasteiger partial charge in [-0.25, -0.2) is 9.37 Å². The molecule has 4 saturated heterocycles. The van der Waals surface area contributed by atoms with Crippen molar-refractivity contribution < 1.29 is 51.5 Å². The zero-order chi connectivity index (χ0) is 48.5. The van der Waals surface area contributed by atoms with Gasteiger partial charge in [0.25, 0.3) is 23.6 Å². The Bertz CT molecular complexity index is 2660. The molecular weight excluding hydrogens is 904 g/mol. The van der Waals surface area contributed by atoms with Crippen LogP contribution in [0.25, 0.3) is 0 Å².